The van der Waals surface area contributed by atoms with Crippen LogP contribution in [0.15, 0.2) is 28.7 Å². The molecule has 1 aromatic carbocycles. The van der Waals surface area contributed by atoms with Gasteiger partial charge in [0, 0.05) is 10.9 Å². The summed E-state index contributed by atoms with van der Waals surface area (Å²) in [4.78, 5) is 26.7. The predicted octanol–water partition coefficient (Wildman–Crippen LogP) is 2.29. The minimum absolute atomic E-state index is 0.132. The fourth-order valence-electron chi connectivity index (χ4n) is 3.66. The van der Waals surface area contributed by atoms with Crippen molar-refractivity contribution in [3.8, 4) is 0 Å². The van der Waals surface area contributed by atoms with Gasteiger partial charge < -0.3 is 4.90 Å². The zero-order valence-electron chi connectivity index (χ0n) is 12.1. The lowest BCUT2D eigenvalue weighted by atomic mass is 9.62. The van der Waals surface area contributed by atoms with Crippen LogP contribution in [0, 0.1) is 5.41 Å². The van der Waals surface area contributed by atoms with Crippen molar-refractivity contribution in [2.45, 2.75) is 25.2 Å². The molecule has 112 valence electrons. The number of carbonyl (C=O) groups is 2. The van der Waals surface area contributed by atoms with Gasteiger partial charge in [-0.2, -0.15) is 0 Å². The molecule has 0 saturated carbocycles. The molecule has 1 spiro atoms. The van der Waals surface area contributed by atoms with Crippen LogP contribution < -0.4 is 5.32 Å². The number of amides is 2. The minimum Gasteiger partial charge on any atom is -0.306 e. The summed E-state index contributed by atoms with van der Waals surface area (Å²) in [5.41, 5.74) is 0.752. The smallest absolute Gasteiger partial charge is 0.234 e. The molecule has 2 heterocycles. The zero-order valence-corrected chi connectivity index (χ0v) is 13.6. The first-order chi connectivity index (χ1) is 10.0. The SMILES string of the molecule is CN1CCC2(CC1)CC(=O)NC(=O)C2c1ccccc1Br. The molecule has 4 nitrogen and oxygen atoms in total. The standard InChI is InChI=1S/C16H19BrN2O2/c1-19-8-6-16(7-9-19)10-13(20)18-15(21)14(16)11-4-2-3-5-12(11)17/h2-5,14H,6-10H2,1H3,(H,18,20,21). The predicted molar refractivity (Wildman–Crippen MR) is 83.8 cm³/mol. The van der Waals surface area contributed by atoms with E-state index < -0.39 is 0 Å². The number of carbonyl (C=O) groups excluding carboxylic acids is 2. The summed E-state index contributed by atoms with van der Waals surface area (Å²) in [5, 5.41) is 2.53. The number of benzene rings is 1. The van der Waals surface area contributed by atoms with Crippen molar-refractivity contribution in [1.29, 1.82) is 0 Å². The van der Waals surface area contributed by atoms with Gasteiger partial charge in [-0.1, -0.05) is 34.1 Å². The van der Waals surface area contributed by atoms with Crippen molar-refractivity contribution in [1.82, 2.24) is 10.2 Å². The lowest BCUT2D eigenvalue weighted by Gasteiger charge is -2.47. The molecule has 0 radical (unpaired) electrons. The molecule has 1 atom stereocenters. The van der Waals surface area contributed by atoms with Gasteiger partial charge in [0.05, 0.1) is 5.92 Å². The first-order valence-corrected chi connectivity index (χ1v) is 8.08. The second-order valence-electron chi connectivity index (χ2n) is 6.21. The second-order valence-corrected chi connectivity index (χ2v) is 7.06. The van der Waals surface area contributed by atoms with Crippen LogP contribution in [0.2, 0.25) is 0 Å². The lowest BCUT2D eigenvalue weighted by Crippen LogP contribution is -2.54. The Balaban J connectivity index is 2.03. The van der Waals surface area contributed by atoms with Gasteiger partial charge in [0.25, 0.3) is 0 Å². The number of rotatable bonds is 1. The Bertz CT molecular complexity index is 579. The average Bonchev–Trinajstić information content (AvgIpc) is 2.43. The monoisotopic (exact) mass is 350 g/mol. The highest BCUT2D eigenvalue weighted by Gasteiger charge is 2.50. The van der Waals surface area contributed by atoms with Crippen LogP contribution in [0.5, 0.6) is 0 Å². The first-order valence-electron chi connectivity index (χ1n) is 7.28. The number of nitrogens with zero attached hydrogens (tertiary/aromatic N) is 1. The van der Waals surface area contributed by atoms with Gasteiger partial charge in [0.2, 0.25) is 11.8 Å². The first kappa shape index (κ1) is 14.7. The fourth-order valence-corrected chi connectivity index (χ4v) is 4.18. The maximum atomic E-state index is 12.5. The third-order valence-electron chi connectivity index (χ3n) is 4.85. The van der Waals surface area contributed by atoms with E-state index in [2.05, 4.69) is 33.2 Å². The van der Waals surface area contributed by atoms with E-state index in [1.807, 2.05) is 24.3 Å². The van der Waals surface area contributed by atoms with Gasteiger partial charge >= 0.3 is 0 Å². The van der Waals surface area contributed by atoms with Gasteiger partial charge in [-0.05, 0) is 50.0 Å². The molecule has 3 rings (SSSR count). The summed E-state index contributed by atoms with van der Waals surface area (Å²) >= 11 is 3.56. The van der Waals surface area contributed by atoms with Crippen LogP contribution in [0.4, 0.5) is 0 Å². The van der Waals surface area contributed by atoms with Crippen molar-refractivity contribution in [2.24, 2.45) is 5.41 Å². The Morgan fingerprint density at radius 1 is 1.24 bits per heavy atom. The number of hydrogen-bond donors (Lipinski definition) is 1. The van der Waals surface area contributed by atoms with E-state index in [1.54, 1.807) is 0 Å². The average molecular weight is 351 g/mol. The summed E-state index contributed by atoms with van der Waals surface area (Å²) in [6.07, 6.45) is 2.21. The largest absolute Gasteiger partial charge is 0.306 e. The van der Waals surface area contributed by atoms with E-state index in [-0.39, 0.29) is 23.1 Å². The van der Waals surface area contributed by atoms with Gasteiger partial charge in [-0.25, -0.2) is 0 Å². The van der Waals surface area contributed by atoms with Crippen molar-refractivity contribution in [3.05, 3.63) is 34.3 Å². The second kappa shape index (κ2) is 5.54. The van der Waals surface area contributed by atoms with E-state index in [0.29, 0.717) is 6.42 Å². The Hall–Kier alpha value is -1.20. The molecule has 2 fully saturated rings. The maximum Gasteiger partial charge on any atom is 0.234 e. The number of halogens is 1. The fraction of sp³-hybridized carbons (Fsp3) is 0.500. The summed E-state index contributed by atoms with van der Waals surface area (Å²) in [7, 11) is 2.09. The molecule has 2 aliphatic rings. The molecule has 5 heteroatoms. The molecule has 2 amide bonds. The zero-order chi connectivity index (χ0) is 15.0. The van der Waals surface area contributed by atoms with Gasteiger partial charge in [0.15, 0.2) is 0 Å². The van der Waals surface area contributed by atoms with E-state index in [1.165, 1.54) is 0 Å². The number of hydrogen-bond acceptors (Lipinski definition) is 3. The summed E-state index contributed by atoms with van der Waals surface area (Å²) < 4.78 is 0.942. The third-order valence-corrected chi connectivity index (χ3v) is 5.57. The van der Waals surface area contributed by atoms with Crippen LogP contribution in [0.3, 0.4) is 0 Å². The van der Waals surface area contributed by atoms with Crippen LogP contribution in [-0.4, -0.2) is 36.9 Å². The molecular weight excluding hydrogens is 332 g/mol. The topological polar surface area (TPSA) is 49.4 Å². The Kier molecular flexibility index (Phi) is 3.88. The molecule has 0 bridgehead atoms. The van der Waals surface area contributed by atoms with Crippen molar-refractivity contribution < 1.29 is 9.59 Å². The number of likely N-dealkylation sites (tertiary alicyclic amines) is 1. The highest BCUT2D eigenvalue weighted by molar-refractivity contribution is 9.10. The number of piperidine rings is 2. The molecule has 2 saturated heterocycles. The molecule has 1 aromatic rings. The Labute approximate surface area is 133 Å². The van der Waals surface area contributed by atoms with E-state index in [0.717, 1.165) is 36.0 Å². The van der Waals surface area contributed by atoms with Crippen LogP contribution in [0.25, 0.3) is 0 Å². The Morgan fingerprint density at radius 3 is 2.57 bits per heavy atom. The Morgan fingerprint density at radius 2 is 1.90 bits per heavy atom. The number of imide groups is 1. The highest BCUT2D eigenvalue weighted by Crippen LogP contribution is 2.50. The van der Waals surface area contributed by atoms with E-state index in [9.17, 15) is 9.59 Å². The van der Waals surface area contributed by atoms with Crippen molar-refractivity contribution >= 4 is 27.7 Å². The summed E-state index contributed by atoms with van der Waals surface area (Å²) in [6.45, 7) is 1.86. The molecule has 2 aliphatic heterocycles. The van der Waals surface area contributed by atoms with Gasteiger partial charge in [0.1, 0.15) is 0 Å². The van der Waals surface area contributed by atoms with Crippen LogP contribution in [-0.2, 0) is 9.59 Å². The van der Waals surface area contributed by atoms with E-state index >= 15 is 0 Å². The van der Waals surface area contributed by atoms with Crippen LogP contribution >= 0.6 is 15.9 Å². The lowest BCUT2D eigenvalue weighted by molar-refractivity contribution is -0.141. The van der Waals surface area contributed by atoms with Crippen LogP contribution in [0.1, 0.15) is 30.7 Å². The minimum atomic E-state index is -0.250. The van der Waals surface area contributed by atoms with Gasteiger partial charge in [-0.15, -0.1) is 0 Å². The molecule has 21 heavy (non-hydrogen) atoms. The number of nitrogens with one attached hydrogen (secondary N) is 1. The molecule has 0 aromatic heterocycles. The van der Waals surface area contributed by atoms with Crippen molar-refractivity contribution in [3.63, 3.8) is 0 Å². The quantitative estimate of drug-likeness (QED) is 0.790. The molecule has 1 unspecified atom stereocenters. The van der Waals surface area contributed by atoms with E-state index in [4.69, 9.17) is 0 Å². The van der Waals surface area contributed by atoms with Crippen molar-refractivity contribution in [2.75, 3.05) is 20.1 Å². The molecule has 1 N–H and O–H groups in total. The summed E-state index contributed by atoms with van der Waals surface area (Å²) in [6, 6.07) is 7.85. The highest BCUT2D eigenvalue weighted by atomic mass is 79.9. The molecular formula is C16H19BrN2O2. The normalized spacial score (nSPS) is 25.9. The maximum absolute atomic E-state index is 12.5. The van der Waals surface area contributed by atoms with Gasteiger partial charge in [-0.3, -0.25) is 14.9 Å². The third kappa shape index (κ3) is 2.64. The summed E-state index contributed by atoms with van der Waals surface area (Å²) in [5.74, 6) is -0.532. The molecule has 0 aliphatic carbocycles.